The lowest BCUT2D eigenvalue weighted by Crippen LogP contribution is -2.18. The average Bonchev–Trinajstić information content (AvgIpc) is 3.09. The number of rotatable bonds is 6. The van der Waals surface area contributed by atoms with E-state index in [0.29, 0.717) is 12.7 Å². The van der Waals surface area contributed by atoms with Crippen molar-refractivity contribution >= 4 is 0 Å². The smallest absolute Gasteiger partial charge is 0.0894 e. The quantitative estimate of drug-likeness (QED) is 0.838. The molecule has 0 spiro atoms. The van der Waals surface area contributed by atoms with E-state index in [-0.39, 0.29) is 0 Å². The summed E-state index contributed by atoms with van der Waals surface area (Å²) in [5, 5.41) is 3.55. The predicted octanol–water partition coefficient (Wildman–Crippen LogP) is 2.79. The van der Waals surface area contributed by atoms with Crippen LogP contribution in [0.4, 0.5) is 0 Å². The van der Waals surface area contributed by atoms with Gasteiger partial charge in [-0.05, 0) is 37.3 Å². The Labute approximate surface area is 109 Å². The normalized spacial score (nSPS) is 20.4. The van der Waals surface area contributed by atoms with Crippen LogP contribution in [0.25, 0.3) is 0 Å². The largest absolute Gasteiger partial charge is 0.372 e. The van der Waals surface area contributed by atoms with Crippen LogP contribution < -0.4 is 5.32 Å². The van der Waals surface area contributed by atoms with Crippen LogP contribution in [0.3, 0.4) is 0 Å². The highest BCUT2D eigenvalue weighted by Crippen LogP contribution is 2.23. The summed E-state index contributed by atoms with van der Waals surface area (Å²) in [7, 11) is 0. The fourth-order valence-corrected chi connectivity index (χ4v) is 2.56. The van der Waals surface area contributed by atoms with E-state index in [4.69, 9.17) is 4.74 Å². The van der Waals surface area contributed by atoms with Gasteiger partial charge in [0.05, 0.1) is 18.4 Å². The molecule has 1 aromatic rings. The molecule has 3 heteroatoms. The molecule has 1 N–H and O–H groups in total. The van der Waals surface area contributed by atoms with E-state index >= 15 is 0 Å². The minimum atomic E-state index is 0.469. The maximum Gasteiger partial charge on any atom is 0.0894 e. The molecular weight excluding hydrogens is 224 g/mol. The Morgan fingerprint density at radius 1 is 1.22 bits per heavy atom. The van der Waals surface area contributed by atoms with Crippen molar-refractivity contribution in [3.63, 3.8) is 0 Å². The number of nitrogens with one attached hydrogen (secondary N) is 1. The fraction of sp³-hybridized carbons (Fsp3) is 0.667. The number of ether oxygens (including phenoxy) is 1. The first kappa shape index (κ1) is 12.1. The number of hydrogen-bond donors (Lipinski definition) is 1. The summed E-state index contributed by atoms with van der Waals surface area (Å²) >= 11 is 0. The Morgan fingerprint density at radius 2 is 2.06 bits per heavy atom. The molecule has 0 unspecified atom stereocenters. The van der Waals surface area contributed by atoms with E-state index < -0.39 is 0 Å². The van der Waals surface area contributed by atoms with Crippen molar-refractivity contribution in [1.82, 2.24) is 10.3 Å². The molecule has 2 aliphatic rings. The van der Waals surface area contributed by atoms with Crippen LogP contribution in [0.5, 0.6) is 0 Å². The molecule has 1 heterocycles. The van der Waals surface area contributed by atoms with Gasteiger partial charge in [-0.25, -0.2) is 0 Å². The predicted molar refractivity (Wildman–Crippen MR) is 71.1 cm³/mol. The van der Waals surface area contributed by atoms with E-state index in [0.717, 1.165) is 18.3 Å². The monoisotopic (exact) mass is 246 g/mol. The number of aromatic nitrogens is 1. The number of pyridine rings is 1. The molecule has 0 radical (unpaired) electrons. The Balaban J connectivity index is 1.55. The van der Waals surface area contributed by atoms with Gasteiger partial charge in [-0.2, -0.15) is 0 Å². The highest BCUT2D eigenvalue weighted by atomic mass is 16.5. The summed E-state index contributed by atoms with van der Waals surface area (Å²) in [6.45, 7) is 1.61. The standard InChI is InChI=1S/C15H22N2O/c1-2-6-14(5-1)18-11-15-12(4-3-9-16-15)10-17-13-7-8-13/h3-4,9,13-14,17H,1-2,5-8,10-11H2. The Morgan fingerprint density at radius 3 is 2.83 bits per heavy atom. The molecule has 0 amide bonds. The third kappa shape index (κ3) is 3.30. The van der Waals surface area contributed by atoms with Gasteiger partial charge in [-0.15, -0.1) is 0 Å². The van der Waals surface area contributed by atoms with Gasteiger partial charge in [0, 0.05) is 18.8 Å². The summed E-state index contributed by atoms with van der Waals surface area (Å²) in [5.41, 5.74) is 2.40. The van der Waals surface area contributed by atoms with E-state index in [1.807, 2.05) is 12.3 Å². The third-order valence-corrected chi connectivity index (χ3v) is 3.90. The molecule has 0 atom stereocenters. The fourth-order valence-electron chi connectivity index (χ4n) is 2.56. The lowest BCUT2D eigenvalue weighted by atomic mass is 10.2. The Hall–Kier alpha value is -0.930. The molecule has 98 valence electrons. The van der Waals surface area contributed by atoms with Gasteiger partial charge in [0.15, 0.2) is 0 Å². The molecule has 3 nitrogen and oxygen atoms in total. The Kier molecular flexibility index (Phi) is 3.91. The van der Waals surface area contributed by atoms with Crippen LogP contribution in [0.15, 0.2) is 18.3 Å². The van der Waals surface area contributed by atoms with Gasteiger partial charge in [0.25, 0.3) is 0 Å². The molecule has 1 aromatic heterocycles. The highest BCUT2D eigenvalue weighted by Gasteiger charge is 2.21. The van der Waals surface area contributed by atoms with E-state index in [1.165, 1.54) is 44.1 Å². The van der Waals surface area contributed by atoms with Crippen molar-refractivity contribution in [3.8, 4) is 0 Å². The van der Waals surface area contributed by atoms with Crippen LogP contribution in [0, 0.1) is 0 Å². The second kappa shape index (κ2) is 5.81. The summed E-state index contributed by atoms with van der Waals surface area (Å²) in [4.78, 5) is 4.47. The van der Waals surface area contributed by atoms with Crippen molar-refractivity contribution in [2.75, 3.05) is 0 Å². The SMILES string of the molecule is c1cnc(COC2CCCC2)c(CNC2CC2)c1. The highest BCUT2D eigenvalue weighted by molar-refractivity contribution is 5.19. The van der Waals surface area contributed by atoms with Crippen LogP contribution >= 0.6 is 0 Å². The number of nitrogens with zero attached hydrogens (tertiary/aromatic N) is 1. The van der Waals surface area contributed by atoms with Crippen molar-refractivity contribution < 1.29 is 4.74 Å². The maximum atomic E-state index is 5.96. The van der Waals surface area contributed by atoms with Crippen molar-refractivity contribution in [2.45, 2.75) is 63.8 Å². The zero-order chi connectivity index (χ0) is 12.2. The summed E-state index contributed by atoms with van der Waals surface area (Å²) < 4.78 is 5.96. The van der Waals surface area contributed by atoms with Crippen LogP contribution in [-0.4, -0.2) is 17.1 Å². The molecule has 0 saturated heterocycles. The molecule has 0 bridgehead atoms. The first-order valence-electron chi connectivity index (χ1n) is 7.19. The summed E-state index contributed by atoms with van der Waals surface area (Å²) in [6, 6.07) is 4.92. The molecule has 2 saturated carbocycles. The van der Waals surface area contributed by atoms with Gasteiger partial charge >= 0.3 is 0 Å². The van der Waals surface area contributed by atoms with Gasteiger partial charge in [0.2, 0.25) is 0 Å². The zero-order valence-corrected chi connectivity index (χ0v) is 10.9. The van der Waals surface area contributed by atoms with Gasteiger partial charge < -0.3 is 10.1 Å². The first-order valence-corrected chi connectivity index (χ1v) is 7.19. The minimum absolute atomic E-state index is 0.469. The number of hydrogen-bond acceptors (Lipinski definition) is 3. The van der Waals surface area contributed by atoms with Crippen LogP contribution in [0.2, 0.25) is 0 Å². The van der Waals surface area contributed by atoms with E-state index in [2.05, 4.69) is 16.4 Å². The lowest BCUT2D eigenvalue weighted by molar-refractivity contribution is 0.0433. The summed E-state index contributed by atoms with van der Waals surface area (Å²) in [6.07, 6.45) is 10.1. The van der Waals surface area contributed by atoms with Crippen LogP contribution in [-0.2, 0) is 17.9 Å². The van der Waals surface area contributed by atoms with Gasteiger partial charge in [-0.1, -0.05) is 18.9 Å². The second-order valence-corrected chi connectivity index (χ2v) is 5.48. The first-order chi connectivity index (χ1) is 8.92. The lowest BCUT2D eigenvalue weighted by Gasteiger charge is -2.13. The molecule has 2 fully saturated rings. The zero-order valence-electron chi connectivity index (χ0n) is 10.9. The second-order valence-electron chi connectivity index (χ2n) is 5.48. The Bertz CT molecular complexity index is 384. The van der Waals surface area contributed by atoms with Crippen molar-refractivity contribution in [1.29, 1.82) is 0 Å². The topological polar surface area (TPSA) is 34.1 Å². The molecular formula is C15H22N2O. The van der Waals surface area contributed by atoms with Crippen LogP contribution in [0.1, 0.15) is 49.8 Å². The minimum Gasteiger partial charge on any atom is -0.372 e. The van der Waals surface area contributed by atoms with Gasteiger partial charge in [0.1, 0.15) is 0 Å². The average molecular weight is 246 g/mol. The molecule has 18 heavy (non-hydrogen) atoms. The maximum absolute atomic E-state index is 5.96. The third-order valence-electron chi connectivity index (χ3n) is 3.90. The summed E-state index contributed by atoms with van der Waals surface area (Å²) in [5.74, 6) is 0. The van der Waals surface area contributed by atoms with Gasteiger partial charge in [-0.3, -0.25) is 4.98 Å². The van der Waals surface area contributed by atoms with Crippen molar-refractivity contribution in [3.05, 3.63) is 29.6 Å². The van der Waals surface area contributed by atoms with E-state index in [9.17, 15) is 0 Å². The molecule has 0 aliphatic heterocycles. The van der Waals surface area contributed by atoms with Crippen molar-refractivity contribution in [2.24, 2.45) is 0 Å². The molecule has 3 rings (SSSR count). The molecule has 2 aliphatic carbocycles. The molecule has 0 aromatic carbocycles. The van der Waals surface area contributed by atoms with E-state index in [1.54, 1.807) is 0 Å².